The number of morpholine rings is 1. The Balaban J connectivity index is 1.82. The SMILES string of the molecule is CC(C)(C#Cc1ccccc1)NC(=O)/C=C/CN1CCOCC1. The molecular formula is C19H24N2O2. The molecule has 122 valence electrons. The van der Waals surface area contributed by atoms with E-state index in [-0.39, 0.29) is 5.91 Å². The second-order valence-corrected chi connectivity index (χ2v) is 6.05. The second kappa shape index (κ2) is 8.52. The first-order valence-corrected chi connectivity index (χ1v) is 7.92. The first kappa shape index (κ1) is 17.3. The van der Waals surface area contributed by atoms with E-state index in [9.17, 15) is 4.79 Å². The molecule has 1 aliphatic rings. The minimum absolute atomic E-state index is 0.120. The van der Waals surface area contributed by atoms with Crippen molar-refractivity contribution in [2.45, 2.75) is 19.4 Å². The molecule has 2 rings (SSSR count). The van der Waals surface area contributed by atoms with Crippen LogP contribution < -0.4 is 5.32 Å². The fourth-order valence-corrected chi connectivity index (χ4v) is 2.22. The third-order valence-electron chi connectivity index (χ3n) is 3.47. The van der Waals surface area contributed by atoms with Gasteiger partial charge in [-0.3, -0.25) is 9.69 Å². The predicted octanol–water partition coefficient (Wildman–Crippen LogP) is 1.82. The molecule has 1 aliphatic heterocycles. The number of carbonyl (C=O) groups excluding carboxylic acids is 1. The zero-order chi connectivity index (χ0) is 16.5. The molecule has 0 atom stereocenters. The molecule has 0 unspecified atom stereocenters. The summed E-state index contributed by atoms with van der Waals surface area (Å²) in [6.45, 7) is 7.94. The van der Waals surface area contributed by atoms with Gasteiger partial charge in [-0.05, 0) is 26.0 Å². The maximum absolute atomic E-state index is 12.0. The van der Waals surface area contributed by atoms with Crippen LogP contribution in [-0.4, -0.2) is 49.2 Å². The van der Waals surface area contributed by atoms with E-state index in [2.05, 4.69) is 22.1 Å². The van der Waals surface area contributed by atoms with Crippen LogP contribution in [0.4, 0.5) is 0 Å². The van der Waals surface area contributed by atoms with Gasteiger partial charge in [-0.1, -0.05) is 36.1 Å². The Morgan fingerprint density at radius 2 is 2.00 bits per heavy atom. The van der Waals surface area contributed by atoms with Crippen LogP contribution in [0, 0.1) is 11.8 Å². The molecule has 1 saturated heterocycles. The Morgan fingerprint density at radius 1 is 1.30 bits per heavy atom. The van der Waals surface area contributed by atoms with Gasteiger partial charge in [0.15, 0.2) is 0 Å². The molecule has 1 aromatic rings. The molecule has 4 nitrogen and oxygen atoms in total. The fraction of sp³-hybridized carbons (Fsp3) is 0.421. The lowest BCUT2D eigenvalue weighted by molar-refractivity contribution is -0.117. The molecular weight excluding hydrogens is 288 g/mol. The number of nitrogens with one attached hydrogen (secondary N) is 1. The summed E-state index contributed by atoms with van der Waals surface area (Å²) in [6, 6.07) is 9.76. The largest absolute Gasteiger partial charge is 0.379 e. The molecule has 23 heavy (non-hydrogen) atoms. The first-order valence-electron chi connectivity index (χ1n) is 7.92. The van der Waals surface area contributed by atoms with Crippen LogP contribution in [-0.2, 0) is 9.53 Å². The topological polar surface area (TPSA) is 41.6 Å². The quantitative estimate of drug-likeness (QED) is 0.681. The molecule has 1 aromatic carbocycles. The average molecular weight is 312 g/mol. The van der Waals surface area contributed by atoms with E-state index in [1.54, 1.807) is 6.08 Å². The molecule has 1 heterocycles. The monoisotopic (exact) mass is 312 g/mol. The Bertz CT molecular complexity index is 591. The van der Waals surface area contributed by atoms with Crippen molar-refractivity contribution in [2.75, 3.05) is 32.8 Å². The third-order valence-corrected chi connectivity index (χ3v) is 3.47. The van der Waals surface area contributed by atoms with Gasteiger partial charge in [0.1, 0.15) is 0 Å². The maximum atomic E-state index is 12.0. The van der Waals surface area contributed by atoms with Crippen LogP contribution in [0.3, 0.4) is 0 Å². The van der Waals surface area contributed by atoms with Crippen LogP contribution in [0.15, 0.2) is 42.5 Å². The van der Waals surface area contributed by atoms with Crippen molar-refractivity contribution in [3.05, 3.63) is 48.0 Å². The van der Waals surface area contributed by atoms with E-state index in [4.69, 9.17) is 4.74 Å². The summed E-state index contributed by atoms with van der Waals surface area (Å²) >= 11 is 0. The van der Waals surface area contributed by atoms with Gasteiger partial charge in [0.25, 0.3) is 0 Å². The lowest BCUT2D eigenvalue weighted by Crippen LogP contribution is -2.41. The van der Waals surface area contributed by atoms with Crippen molar-refractivity contribution in [1.82, 2.24) is 10.2 Å². The minimum atomic E-state index is -0.573. The van der Waals surface area contributed by atoms with Gasteiger partial charge in [-0.15, -0.1) is 0 Å². The number of hydrogen-bond acceptors (Lipinski definition) is 3. The highest BCUT2D eigenvalue weighted by atomic mass is 16.5. The summed E-state index contributed by atoms with van der Waals surface area (Å²) < 4.78 is 5.30. The summed E-state index contributed by atoms with van der Waals surface area (Å²) in [4.78, 5) is 14.3. The van der Waals surface area contributed by atoms with Gasteiger partial charge in [0.05, 0.1) is 18.8 Å². The molecule has 0 aliphatic carbocycles. The van der Waals surface area contributed by atoms with Gasteiger partial charge >= 0.3 is 0 Å². The van der Waals surface area contributed by atoms with Gasteiger partial charge in [0, 0.05) is 31.3 Å². The smallest absolute Gasteiger partial charge is 0.244 e. The Labute approximate surface area is 138 Å². The van der Waals surface area contributed by atoms with Crippen molar-refractivity contribution in [3.63, 3.8) is 0 Å². The molecule has 0 aromatic heterocycles. The fourth-order valence-electron chi connectivity index (χ4n) is 2.22. The lowest BCUT2D eigenvalue weighted by atomic mass is 10.1. The summed E-state index contributed by atoms with van der Waals surface area (Å²) in [5.41, 5.74) is 0.369. The summed E-state index contributed by atoms with van der Waals surface area (Å²) in [7, 11) is 0. The number of nitrogens with zero attached hydrogens (tertiary/aromatic N) is 1. The Kier molecular flexibility index (Phi) is 6.40. The third kappa shape index (κ3) is 6.68. The van der Waals surface area contributed by atoms with E-state index in [1.165, 1.54) is 0 Å². The van der Waals surface area contributed by atoms with Crippen LogP contribution in [0.1, 0.15) is 19.4 Å². The second-order valence-electron chi connectivity index (χ2n) is 6.05. The molecule has 1 amide bonds. The van der Waals surface area contributed by atoms with Gasteiger partial charge in [0.2, 0.25) is 5.91 Å². The molecule has 0 bridgehead atoms. The molecule has 1 N–H and O–H groups in total. The predicted molar refractivity (Wildman–Crippen MR) is 91.9 cm³/mol. The van der Waals surface area contributed by atoms with Crippen LogP contribution in [0.25, 0.3) is 0 Å². The molecule has 0 radical (unpaired) electrons. The molecule has 4 heteroatoms. The highest BCUT2D eigenvalue weighted by Gasteiger charge is 2.15. The number of ether oxygens (including phenoxy) is 1. The zero-order valence-corrected chi connectivity index (χ0v) is 13.8. The molecule has 0 spiro atoms. The average Bonchev–Trinajstić information content (AvgIpc) is 2.55. The lowest BCUT2D eigenvalue weighted by Gasteiger charge is -2.25. The zero-order valence-electron chi connectivity index (χ0n) is 13.8. The van der Waals surface area contributed by atoms with Crippen molar-refractivity contribution >= 4 is 5.91 Å². The van der Waals surface area contributed by atoms with Crippen molar-refractivity contribution in [2.24, 2.45) is 0 Å². The van der Waals surface area contributed by atoms with Crippen LogP contribution >= 0.6 is 0 Å². The van der Waals surface area contributed by atoms with E-state index in [0.717, 1.165) is 38.4 Å². The van der Waals surface area contributed by atoms with Crippen molar-refractivity contribution in [3.8, 4) is 11.8 Å². The number of carbonyl (C=O) groups is 1. The minimum Gasteiger partial charge on any atom is -0.379 e. The maximum Gasteiger partial charge on any atom is 0.244 e. The molecule has 1 fully saturated rings. The van der Waals surface area contributed by atoms with E-state index < -0.39 is 5.54 Å². The number of amides is 1. The van der Waals surface area contributed by atoms with Crippen LogP contribution in [0.5, 0.6) is 0 Å². The summed E-state index contributed by atoms with van der Waals surface area (Å²) in [5.74, 6) is 6.07. The van der Waals surface area contributed by atoms with Gasteiger partial charge in [-0.2, -0.15) is 0 Å². The highest BCUT2D eigenvalue weighted by molar-refractivity contribution is 5.88. The standard InChI is InChI=1S/C19H24N2O2/c1-19(2,11-10-17-7-4-3-5-8-17)20-18(22)9-6-12-21-13-15-23-16-14-21/h3-9H,12-16H2,1-2H3,(H,20,22)/b9-6+. The Morgan fingerprint density at radius 3 is 2.70 bits per heavy atom. The molecule has 0 saturated carbocycles. The van der Waals surface area contributed by atoms with Gasteiger partial charge in [-0.25, -0.2) is 0 Å². The van der Waals surface area contributed by atoms with Crippen molar-refractivity contribution < 1.29 is 9.53 Å². The van der Waals surface area contributed by atoms with Crippen LogP contribution in [0.2, 0.25) is 0 Å². The van der Waals surface area contributed by atoms with E-state index in [0.29, 0.717) is 0 Å². The number of benzene rings is 1. The summed E-state index contributed by atoms with van der Waals surface area (Å²) in [6.07, 6.45) is 3.47. The highest BCUT2D eigenvalue weighted by Crippen LogP contribution is 2.02. The number of rotatable bonds is 4. The van der Waals surface area contributed by atoms with E-state index >= 15 is 0 Å². The van der Waals surface area contributed by atoms with Crippen molar-refractivity contribution in [1.29, 1.82) is 0 Å². The summed E-state index contributed by atoms with van der Waals surface area (Å²) in [5, 5.41) is 2.92. The number of hydrogen-bond donors (Lipinski definition) is 1. The van der Waals surface area contributed by atoms with Gasteiger partial charge < -0.3 is 10.1 Å². The Hall–Kier alpha value is -2.09. The first-order chi connectivity index (χ1) is 11.1. The van der Waals surface area contributed by atoms with E-state index in [1.807, 2.05) is 50.3 Å². The normalized spacial score (nSPS) is 15.9.